The number of benzene rings is 1. The summed E-state index contributed by atoms with van der Waals surface area (Å²) in [6, 6.07) is 6.63. The first-order chi connectivity index (χ1) is 8.08. The molecule has 0 bridgehead atoms. The van der Waals surface area contributed by atoms with Crippen molar-refractivity contribution >= 4 is 17.7 Å². The zero-order valence-corrected chi connectivity index (χ0v) is 10.4. The number of hydrogen-bond donors (Lipinski definition) is 1. The minimum absolute atomic E-state index is 0.289. The highest BCUT2D eigenvalue weighted by Gasteiger charge is 2.16. The quantitative estimate of drug-likeness (QED) is 0.840. The van der Waals surface area contributed by atoms with Gasteiger partial charge in [-0.1, -0.05) is 23.7 Å². The summed E-state index contributed by atoms with van der Waals surface area (Å²) in [5, 5.41) is 4.13. The Labute approximate surface area is 105 Å². The van der Waals surface area contributed by atoms with Crippen LogP contribution in [0.3, 0.4) is 0 Å². The standard InChI is InChI=1S/C11H14ClN3O2/c1-15(11(16)17-2)7-10(14-13)8-3-5-9(12)6-4-8/h3-6,10,13H,7H2,1-2H3. The summed E-state index contributed by atoms with van der Waals surface area (Å²) < 4.78 is 4.58. The summed E-state index contributed by atoms with van der Waals surface area (Å²) in [7, 11) is 2.91. The van der Waals surface area contributed by atoms with Crippen LogP contribution in [-0.2, 0) is 4.74 Å². The van der Waals surface area contributed by atoms with Crippen molar-refractivity contribution in [2.24, 2.45) is 5.11 Å². The Morgan fingerprint density at radius 1 is 1.53 bits per heavy atom. The van der Waals surface area contributed by atoms with Crippen molar-refractivity contribution in [2.45, 2.75) is 6.04 Å². The van der Waals surface area contributed by atoms with Crippen LogP contribution < -0.4 is 0 Å². The van der Waals surface area contributed by atoms with Crippen molar-refractivity contribution in [3.63, 3.8) is 0 Å². The molecule has 0 saturated carbocycles. The van der Waals surface area contributed by atoms with E-state index in [2.05, 4.69) is 9.85 Å². The highest BCUT2D eigenvalue weighted by Crippen LogP contribution is 2.20. The first-order valence-corrected chi connectivity index (χ1v) is 5.37. The number of halogens is 1. The van der Waals surface area contributed by atoms with Crippen LogP contribution in [0.15, 0.2) is 29.4 Å². The number of carbonyl (C=O) groups excluding carboxylic acids is 1. The van der Waals surface area contributed by atoms with E-state index >= 15 is 0 Å². The van der Waals surface area contributed by atoms with E-state index in [1.807, 2.05) is 0 Å². The molecule has 1 amide bonds. The van der Waals surface area contributed by atoms with Crippen LogP contribution in [0, 0.1) is 5.53 Å². The SMILES string of the molecule is COC(=O)N(C)CC(N=N)c1ccc(Cl)cc1. The molecular weight excluding hydrogens is 242 g/mol. The van der Waals surface area contributed by atoms with Crippen molar-refractivity contribution in [2.75, 3.05) is 20.7 Å². The van der Waals surface area contributed by atoms with E-state index in [1.165, 1.54) is 12.0 Å². The molecule has 0 spiro atoms. The zero-order valence-electron chi connectivity index (χ0n) is 9.68. The number of amides is 1. The second-order valence-corrected chi connectivity index (χ2v) is 3.98. The molecule has 6 heteroatoms. The van der Waals surface area contributed by atoms with Crippen LogP contribution in [0.2, 0.25) is 5.02 Å². The third kappa shape index (κ3) is 3.71. The molecule has 5 nitrogen and oxygen atoms in total. The van der Waals surface area contributed by atoms with E-state index in [1.54, 1.807) is 31.3 Å². The molecule has 92 valence electrons. The maximum atomic E-state index is 11.2. The minimum atomic E-state index is -0.451. The zero-order chi connectivity index (χ0) is 12.8. The topological polar surface area (TPSA) is 65.8 Å². The largest absolute Gasteiger partial charge is 0.453 e. The molecule has 0 aliphatic rings. The Hall–Kier alpha value is -1.62. The lowest BCUT2D eigenvalue weighted by Gasteiger charge is -2.19. The van der Waals surface area contributed by atoms with Crippen molar-refractivity contribution in [3.8, 4) is 0 Å². The molecule has 1 unspecified atom stereocenters. The Balaban J connectivity index is 2.75. The number of nitrogens with one attached hydrogen (secondary N) is 1. The number of methoxy groups -OCH3 is 1. The smallest absolute Gasteiger partial charge is 0.409 e. The maximum Gasteiger partial charge on any atom is 0.409 e. The van der Waals surface area contributed by atoms with Crippen LogP contribution in [0.4, 0.5) is 4.79 Å². The number of carbonyl (C=O) groups is 1. The molecule has 0 fully saturated rings. The predicted octanol–water partition coefficient (Wildman–Crippen LogP) is 3.11. The minimum Gasteiger partial charge on any atom is -0.453 e. The predicted molar refractivity (Wildman–Crippen MR) is 64.4 cm³/mol. The van der Waals surface area contributed by atoms with Gasteiger partial charge in [0.15, 0.2) is 0 Å². The van der Waals surface area contributed by atoms with Gasteiger partial charge in [-0.3, -0.25) is 0 Å². The Bertz CT molecular complexity index is 394. The van der Waals surface area contributed by atoms with Gasteiger partial charge in [0.25, 0.3) is 0 Å². The lowest BCUT2D eigenvalue weighted by atomic mass is 10.1. The Kier molecular flexibility index (Phi) is 4.90. The van der Waals surface area contributed by atoms with Gasteiger partial charge in [0.1, 0.15) is 6.04 Å². The van der Waals surface area contributed by atoms with Crippen LogP contribution in [0.1, 0.15) is 11.6 Å². The molecule has 1 aromatic rings. The van der Waals surface area contributed by atoms with Gasteiger partial charge in [0, 0.05) is 12.1 Å². The molecule has 1 N–H and O–H groups in total. The fourth-order valence-electron chi connectivity index (χ4n) is 1.40. The lowest BCUT2D eigenvalue weighted by Crippen LogP contribution is -2.30. The number of rotatable bonds is 4. The second-order valence-electron chi connectivity index (χ2n) is 3.55. The summed E-state index contributed by atoms with van der Waals surface area (Å²) in [5.41, 5.74) is 7.99. The van der Waals surface area contributed by atoms with E-state index < -0.39 is 12.1 Å². The normalized spacial score (nSPS) is 11.7. The molecule has 0 aliphatic heterocycles. The van der Waals surface area contributed by atoms with Crippen molar-refractivity contribution in [1.82, 2.24) is 4.90 Å². The van der Waals surface area contributed by atoms with Crippen molar-refractivity contribution in [1.29, 1.82) is 5.53 Å². The van der Waals surface area contributed by atoms with Gasteiger partial charge < -0.3 is 9.64 Å². The molecular formula is C11H14ClN3O2. The molecule has 1 aromatic carbocycles. The molecule has 17 heavy (non-hydrogen) atoms. The first-order valence-electron chi connectivity index (χ1n) is 4.99. The van der Waals surface area contributed by atoms with Gasteiger partial charge in [-0.25, -0.2) is 10.3 Å². The van der Waals surface area contributed by atoms with Gasteiger partial charge in [0.2, 0.25) is 0 Å². The van der Waals surface area contributed by atoms with Crippen LogP contribution >= 0.6 is 11.6 Å². The Morgan fingerprint density at radius 3 is 2.59 bits per heavy atom. The summed E-state index contributed by atoms with van der Waals surface area (Å²) in [4.78, 5) is 12.6. The van der Waals surface area contributed by atoms with Gasteiger partial charge in [0.05, 0.1) is 13.7 Å². The van der Waals surface area contributed by atoms with Crippen LogP contribution in [0.5, 0.6) is 0 Å². The molecule has 0 heterocycles. The van der Waals surface area contributed by atoms with Gasteiger partial charge >= 0.3 is 6.09 Å². The van der Waals surface area contributed by atoms with Crippen molar-refractivity contribution in [3.05, 3.63) is 34.9 Å². The summed E-state index contributed by atoms with van der Waals surface area (Å²) in [6.45, 7) is 0.289. The fourth-order valence-corrected chi connectivity index (χ4v) is 1.52. The van der Waals surface area contributed by atoms with Crippen LogP contribution in [0.25, 0.3) is 0 Å². The molecule has 0 saturated heterocycles. The van der Waals surface area contributed by atoms with Crippen LogP contribution in [-0.4, -0.2) is 31.7 Å². The average Bonchev–Trinajstić information content (AvgIpc) is 2.35. The average molecular weight is 256 g/mol. The number of hydrogen-bond acceptors (Lipinski definition) is 4. The van der Waals surface area contributed by atoms with E-state index in [0.29, 0.717) is 5.02 Å². The monoisotopic (exact) mass is 255 g/mol. The lowest BCUT2D eigenvalue weighted by molar-refractivity contribution is 0.131. The summed E-state index contributed by atoms with van der Waals surface area (Å²) >= 11 is 5.78. The third-order valence-electron chi connectivity index (χ3n) is 2.34. The fraction of sp³-hybridized carbons (Fsp3) is 0.364. The molecule has 1 atom stereocenters. The van der Waals surface area contributed by atoms with E-state index in [9.17, 15) is 4.79 Å². The van der Waals surface area contributed by atoms with E-state index in [0.717, 1.165) is 5.56 Å². The molecule has 0 aromatic heterocycles. The molecule has 0 aliphatic carbocycles. The third-order valence-corrected chi connectivity index (χ3v) is 2.60. The second kappa shape index (κ2) is 6.20. The highest BCUT2D eigenvalue weighted by molar-refractivity contribution is 6.30. The van der Waals surface area contributed by atoms with E-state index in [-0.39, 0.29) is 6.54 Å². The van der Waals surface area contributed by atoms with Gasteiger partial charge in [-0.05, 0) is 17.7 Å². The summed E-state index contributed by atoms with van der Waals surface area (Å²) in [5.74, 6) is 0. The summed E-state index contributed by atoms with van der Waals surface area (Å²) in [6.07, 6.45) is -0.451. The number of nitrogens with zero attached hydrogens (tertiary/aromatic N) is 2. The van der Waals surface area contributed by atoms with E-state index in [4.69, 9.17) is 17.1 Å². The number of ether oxygens (including phenoxy) is 1. The van der Waals surface area contributed by atoms with Crippen molar-refractivity contribution < 1.29 is 9.53 Å². The van der Waals surface area contributed by atoms with Gasteiger partial charge in [-0.2, -0.15) is 5.11 Å². The van der Waals surface area contributed by atoms with Gasteiger partial charge in [-0.15, -0.1) is 0 Å². The molecule has 1 rings (SSSR count). The highest BCUT2D eigenvalue weighted by atomic mass is 35.5. The Morgan fingerprint density at radius 2 is 2.12 bits per heavy atom. The number of likely N-dealkylation sites (N-methyl/N-ethyl adjacent to an activating group) is 1. The molecule has 0 radical (unpaired) electrons. The maximum absolute atomic E-state index is 11.2. The first kappa shape index (κ1) is 13.4.